The average molecular weight is 278 g/mol. The van der Waals surface area contributed by atoms with Gasteiger partial charge in [0.15, 0.2) is 0 Å². The Kier molecular flexibility index (Phi) is 5.24. The van der Waals surface area contributed by atoms with Gasteiger partial charge in [0.1, 0.15) is 11.9 Å². The molecule has 1 aromatic carbocycles. The smallest absolute Gasteiger partial charge is 0.309 e. The third-order valence-electron chi connectivity index (χ3n) is 3.40. The molecule has 0 unspecified atom stereocenters. The molecule has 110 valence electrons. The minimum absolute atomic E-state index is 0.0612. The Morgan fingerprint density at radius 3 is 2.85 bits per heavy atom. The highest BCUT2D eigenvalue weighted by Gasteiger charge is 2.20. The van der Waals surface area contributed by atoms with Gasteiger partial charge in [0.05, 0.1) is 13.0 Å². The Labute approximate surface area is 119 Å². The number of rotatable bonds is 5. The molecule has 0 aliphatic carbocycles. The van der Waals surface area contributed by atoms with E-state index in [1.54, 1.807) is 12.1 Å². The van der Waals surface area contributed by atoms with Crippen LogP contribution >= 0.6 is 0 Å². The fourth-order valence-corrected chi connectivity index (χ4v) is 2.20. The topological polar surface area (TPSA) is 64.8 Å². The summed E-state index contributed by atoms with van der Waals surface area (Å²) in [5.41, 5.74) is 6.30. The maximum atomic E-state index is 11.7. The molecule has 1 aliphatic rings. The number of esters is 1. The average Bonchev–Trinajstić information content (AvgIpc) is 2.41. The van der Waals surface area contributed by atoms with E-state index < -0.39 is 0 Å². The monoisotopic (exact) mass is 278 g/mol. The van der Waals surface area contributed by atoms with Gasteiger partial charge in [0.25, 0.3) is 0 Å². The predicted octanol–water partition coefficient (Wildman–Crippen LogP) is 1.68. The zero-order valence-electron chi connectivity index (χ0n) is 11.9. The molecule has 2 rings (SSSR count). The van der Waals surface area contributed by atoms with Crippen LogP contribution in [0.5, 0.6) is 5.75 Å². The van der Waals surface area contributed by atoms with E-state index in [4.69, 9.17) is 15.2 Å². The number of benzene rings is 1. The van der Waals surface area contributed by atoms with E-state index in [2.05, 4.69) is 11.9 Å². The number of carbonyl (C=O) groups excluding carboxylic acids is 1. The first-order valence-corrected chi connectivity index (χ1v) is 7.00. The lowest BCUT2D eigenvalue weighted by Gasteiger charge is -2.28. The number of nitrogen functional groups attached to an aromatic ring is 1. The molecule has 20 heavy (non-hydrogen) atoms. The van der Waals surface area contributed by atoms with Crippen LogP contribution in [-0.2, 0) is 9.53 Å². The van der Waals surface area contributed by atoms with Crippen molar-refractivity contribution >= 4 is 11.7 Å². The van der Waals surface area contributed by atoms with E-state index in [1.165, 1.54) is 0 Å². The zero-order chi connectivity index (χ0) is 14.4. The van der Waals surface area contributed by atoms with E-state index >= 15 is 0 Å². The summed E-state index contributed by atoms with van der Waals surface area (Å²) in [6.45, 7) is 2.28. The van der Waals surface area contributed by atoms with Crippen molar-refractivity contribution in [1.82, 2.24) is 4.90 Å². The highest BCUT2D eigenvalue weighted by molar-refractivity contribution is 5.69. The summed E-state index contributed by atoms with van der Waals surface area (Å²) in [4.78, 5) is 14.0. The Hall–Kier alpha value is -1.75. The van der Waals surface area contributed by atoms with Crippen LogP contribution < -0.4 is 10.5 Å². The second-order valence-corrected chi connectivity index (χ2v) is 5.16. The molecule has 1 aromatic rings. The van der Waals surface area contributed by atoms with Gasteiger partial charge < -0.3 is 20.1 Å². The lowest BCUT2D eigenvalue weighted by atomic mass is 10.1. The first-order valence-electron chi connectivity index (χ1n) is 7.00. The molecule has 0 atom stereocenters. The van der Waals surface area contributed by atoms with Crippen LogP contribution in [0.4, 0.5) is 5.69 Å². The van der Waals surface area contributed by atoms with Crippen molar-refractivity contribution in [2.45, 2.75) is 25.4 Å². The van der Waals surface area contributed by atoms with Crippen LogP contribution in [-0.4, -0.2) is 43.7 Å². The summed E-state index contributed by atoms with van der Waals surface area (Å²) in [6.07, 6.45) is 2.16. The summed E-state index contributed by atoms with van der Waals surface area (Å²) in [6, 6.07) is 7.17. The maximum Gasteiger partial charge on any atom is 0.309 e. The molecule has 1 heterocycles. The third-order valence-corrected chi connectivity index (χ3v) is 3.40. The van der Waals surface area contributed by atoms with Crippen LogP contribution in [0.2, 0.25) is 0 Å². The molecule has 1 fully saturated rings. The number of hydrogen-bond acceptors (Lipinski definition) is 5. The van der Waals surface area contributed by atoms with Crippen molar-refractivity contribution in [1.29, 1.82) is 0 Å². The highest BCUT2D eigenvalue weighted by Crippen LogP contribution is 2.15. The number of nitrogens with two attached hydrogens (primary N) is 1. The number of anilines is 1. The maximum absolute atomic E-state index is 11.7. The fraction of sp³-hybridized carbons (Fsp3) is 0.533. The van der Waals surface area contributed by atoms with Gasteiger partial charge in [-0.25, -0.2) is 0 Å². The van der Waals surface area contributed by atoms with Gasteiger partial charge in [0, 0.05) is 24.8 Å². The van der Waals surface area contributed by atoms with Gasteiger partial charge >= 0.3 is 5.97 Å². The predicted molar refractivity (Wildman–Crippen MR) is 77.6 cm³/mol. The summed E-state index contributed by atoms with van der Waals surface area (Å²) >= 11 is 0. The molecule has 0 radical (unpaired) electrons. The Morgan fingerprint density at radius 1 is 1.40 bits per heavy atom. The summed E-state index contributed by atoms with van der Waals surface area (Å²) in [7, 11) is 2.08. The van der Waals surface area contributed by atoms with E-state index in [-0.39, 0.29) is 18.5 Å². The minimum Gasteiger partial charge on any atom is -0.493 e. The van der Waals surface area contributed by atoms with Crippen molar-refractivity contribution in [3.63, 3.8) is 0 Å². The molecule has 0 saturated carbocycles. The fourth-order valence-electron chi connectivity index (χ4n) is 2.20. The summed E-state index contributed by atoms with van der Waals surface area (Å²) < 4.78 is 10.9. The quantitative estimate of drug-likeness (QED) is 0.655. The van der Waals surface area contributed by atoms with Crippen LogP contribution in [0, 0.1) is 0 Å². The van der Waals surface area contributed by atoms with Crippen molar-refractivity contribution in [3.8, 4) is 5.75 Å². The van der Waals surface area contributed by atoms with E-state index in [0.717, 1.165) is 25.9 Å². The standard InChI is InChI=1S/C15H22N2O3/c1-17-8-5-13(6-9-17)20-15(18)7-10-19-14-4-2-3-12(16)11-14/h2-4,11,13H,5-10,16H2,1H3. The van der Waals surface area contributed by atoms with Gasteiger partial charge in [-0.05, 0) is 32.0 Å². The second-order valence-electron chi connectivity index (χ2n) is 5.16. The second kappa shape index (κ2) is 7.14. The highest BCUT2D eigenvalue weighted by atomic mass is 16.5. The van der Waals surface area contributed by atoms with Crippen LogP contribution in [0.3, 0.4) is 0 Å². The molecule has 2 N–H and O–H groups in total. The van der Waals surface area contributed by atoms with Gasteiger partial charge in [-0.2, -0.15) is 0 Å². The third kappa shape index (κ3) is 4.74. The van der Waals surface area contributed by atoms with E-state index in [9.17, 15) is 4.79 Å². The number of hydrogen-bond donors (Lipinski definition) is 1. The minimum atomic E-state index is -0.191. The molecule has 0 bridgehead atoms. The molecular formula is C15H22N2O3. The Bertz CT molecular complexity index is 442. The number of ether oxygens (including phenoxy) is 2. The van der Waals surface area contributed by atoms with Crippen LogP contribution in [0.25, 0.3) is 0 Å². The molecule has 5 nitrogen and oxygen atoms in total. The first kappa shape index (κ1) is 14.7. The van der Waals surface area contributed by atoms with Crippen molar-refractivity contribution in [2.75, 3.05) is 32.5 Å². The van der Waals surface area contributed by atoms with E-state index in [0.29, 0.717) is 18.0 Å². The van der Waals surface area contributed by atoms with Gasteiger partial charge in [-0.15, -0.1) is 0 Å². The lowest BCUT2D eigenvalue weighted by molar-refractivity contribution is -0.151. The SMILES string of the molecule is CN1CCC(OC(=O)CCOc2cccc(N)c2)CC1. The van der Waals surface area contributed by atoms with Crippen molar-refractivity contribution in [2.24, 2.45) is 0 Å². The number of likely N-dealkylation sites (tertiary alicyclic amines) is 1. The Morgan fingerprint density at radius 2 is 2.15 bits per heavy atom. The molecule has 0 amide bonds. The van der Waals surface area contributed by atoms with E-state index in [1.807, 2.05) is 12.1 Å². The first-order chi connectivity index (χ1) is 9.63. The van der Waals surface area contributed by atoms with Crippen molar-refractivity contribution < 1.29 is 14.3 Å². The Balaban J connectivity index is 1.65. The van der Waals surface area contributed by atoms with Crippen molar-refractivity contribution in [3.05, 3.63) is 24.3 Å². The van der Waals surface area contributed by atoms with Crippen LogP contribution in [0.1, 0.15) is 19.3 Å². The number of nitrogens with zero attached hydrogens (tertiary/aromatic N) is 1. The normalized spacial score (nSPS) is 16.9. The lowest BCUT2D eigenvalue weighted by Crippen LogP contribution is -2.35. The summed E-state index contributed by atoms with van der Waals surface area (Å²) in [5.74, 6) is 0.487. The number of piperidine rings is 1. The van der Waals surface area contributed by atoms with Crippen LogP contribution in [0.15, 0.2) is 24.3 Å². The van der Waals surface area contributed by atoms with Gasteiger partial charge in [-0.1, -0.05) is 6.07 Å². The van der Waals surface area contributed by atoms with Gasteiger partial charge in [0.2, 0.25) is 0 Å². The molecule has 1 saturated heterocycles. The molecule has 1 aliphatic heterocycles. The number of carbonyl (C=O) groups is 1. The zero-order valence-corrected chi connectivity index (χ0v) is 11.9. The van der Waals surface area contributed by atoms with Gasteiger partial charge in [-0.3, -0.25) is 4.79 Å². The molecular weight excluding hydrogens is 256 g/mol. The molecule has 0 aromatic heterocycles. The molecule has 0 spiro atoms. The summed E-state index contributed by atoms with van der Waals surface area (Å²) in [5, 5.41) is 0. The largest absolute Gasteiger partial charge is 0.493 e. The molecule has 5 heteroatoms.